The van der Waals surface area contributed by atoms with E-state index in [1.54, 1.807) is 12.1 Å². The van der Waals surface area contributed by atoms with Gasteiger partial charge in [-0.1, -0.05) is 78.9 Å². The Balaban J connectivity index is 1.06. The van der Waals surface area contributed by atoms with Crippen LogP contribution >= 0.6 is 0 Å². The Hall–Kier alpha value is -7.64. The van der Waals surface area contributed by atoms with Gasteiger partial charge in [0, 0.05) is 63.8 Å². The van der Waals surface area contributed by atoms with Gasteiger partial charge in [0.25, 0.3) is 0 Å². The number of anilines is 2. The fourth-order valence-electron chi connectivity index (χ4n) is 8.38. The van der Waals surface area contributed by atoms with Crippen LogP contribution in [0.5, 0.6) is 0 Å². The van der Waals surface area contributed by atoms with Crippen LogP contribution in [0.2, 0.25) is 0 Å². The Labute approximate surface area is 339 Å². The van der Waals surface area contributed by atoms with E-state index in [1.165, 1.54) is 0 Å². The van der Waals surface area contributed by atoms with E-state index < -0.39 is 5.63 Å². The highest BCUT2D eigenvalue weighted by molar-refractivity contribution is 6.11. The van der Waals surface area contributed by atoms with E-state index >= 15 is 0 Å². The summed E-state index contributed by atoms with van der Waals surface area (Å²) in [5.41, 5.74) is 17.5. The Morgan fingerprint density at radius 2 is 1.00 bits per heavy atom. The largest absolute Gasteiger partial charge is 0.422 e. The summed E-state index contributed by atoms with van der Waals surface area (Å²) >= 11 is 0. The van der Waals surface area contributed by atoms with Crippen LogP contribution in [0.25, 0.3) is 93.9 Å². The van der Waals surface area contributed by atoms with Gasteiger partial charge in [-0.2, -0.15) is 0 Å². The van der Waals surface area contributed by atoms with Gasteiger partial charge in [0.05, 0.1) is 22.2 Å². The number of hydrogen-bond donors (Lipinski definition) is 1. The molecule has 286 valence electrons. The minimum Gasteiger partial charge on any atom is -0.422 e. The summed E-state index contributed by atoms with van der Waals surface area (Å²) in [6, 6.07) is 54.8. The van der Waals surface area contributed by atoms with Gasteiger partial charge in [-0.25, -0.2) is 9.59 Å². The second-order valence-corrected chi connectivity index (χ2v) is 14.9. The maximum absolute atomic E-state index is 13.5. The zero-order valence-electron chi connectivity index (χ0n) is 32.6. The number of fused-ring (bicyclic) bond motifs is 5. The zero-order valence-corrected chi connectivity index (χ0v) is 32.6. The lowest BCUT2D eigenvalue weighted by Gasteiger charge is -2.21. The molecule has 10 rings (SSSR count). The van der Waals surface area contributed by atoms with Crippen molar-refractivity contribution < 1.29 is 8.83 Å². The summed E-state index contributed by atoms with van der Waals surface area (Å²) in [5.74, 6) is 0. The van der Waals surface area contributed by atoms with Crippen LogP contribution in [-0.4, -0.2) is 17.7 Å². The number of para-hydroxylation sites is 1. The first-order valence-electron chi connectivity index (χ1n) is 19.9. The monoisotopic (exact) mass is 769 g/mol. The van der Waals surface area contributed by atoms with Gasteiger partial charge in [0.15, 0.2) is 0 Å². The van der Waals surface area contributed by atoms with Crippen LogP contribution in [-0.2, 0) is 0 Å². The molecule has 0 spiro atoms. The van der Waals surface area contributed by atoms with Crippen LogP contribution in [0.15, 0.2) is 182 Å². The van der Waals surface area contributed by atoms with E-state index in [2.05, 4.69) is 108 Å². The molecule has 0 aliphatic carbocycles. The smallest absolute Gasteiger partial charge is 0.344 e. The molecule has 0 saturated carbocycles. The lowest BCUT2D eigenvalue weighted by atomic mass is 9.97. The highest BCUT2D eigenvalue weighted by atomic mass is 16.4. The van der Waals surface area contributed by atoms with Gasteiger partial charge in [-0.05, 0) is 120 Å². The average Bonchev–Trinajstić information content (AvgIpc) is 3.59. The predicted molar refractivity (Wildman–Crippen MR) is 243 cm³/mol. The molecule has 59 heavy (non-hydrogen) atoms. The quantitative estimate of drug-likeness (QED) is 0.122. The summed E-state index contributed by atoms with van der Waals surface area (Å²) in [4.78, 5) is 28.9. The van der Waals surface area contributed by atoms with E-state index in [1.807, 2.05) is 66.7 Å². The number of rotatable bonds is 8. The minimum atomic E-state index is -0.411. The molecular weight excluding hydrogens is 731 g/mol. The summed E-state index contributed by atoms with van der Waals surface area (Å²) < 4.78 is 13.9. The van der Waals surface area contributed by atoms with Crippen molar-refractivity contribution in [2.75, 3.05) is 23.7 Å². The molecule has 0 atom stereocenters. The zero-order chi connectivity index (χ0) is 40.2. The Morgan fingerprint density at radius 3 is 1.56 bits per heavy atom. The van der Waals surface area contributed by atoms with Crippen LogP contribution in [0.3, 0.4) is 0 Å². The molecule has 0 bridgehead atoms. The topological polar surface area (TPSA) is 94.6 Å². The standard InChI is InChI=1S/C52H39N3O4/c1-3-54(4-2)42-21-17-39-27-46(52(57)59-50(39)31-42)37-13-9-11-33(25-37)35-19-23-44-43-22-18-34(28-47(43)55(48(44)29-35)41-14-6-5-7-15-41)32-10-8-12-36(24-32)45-26-38-16-20-40(53)30-49(38)58-51(45)56/h5-31H,3-4,53H2,1-2H3. The number of aromatic nitrogens is 1. The average molecular weight is 770 g/mol. The molecule has 0 aliphatic rings. The van der Waals surface area contributed by atoms with Gasteiger partial charge < -0.3 is 24.0 Å². The molecule has 7 aromatic carbocycles. The van der Waals surface area contributed by atoms with Crippen molar-refractivity contribution in [3.05, 3.63) is 185 Å². The Bertz CT molecular complexity index is 3370. The Kier molecular flexibility index (Phi) is 8.72. The normalized spacial score (nSPS) is 11.6. The molecule has 0 unspecified atom stereocenters. The molecular formula is C52H39N3O4. The predicted octanol–water partition coefficient (Wildman–Crippen LogP) is 12.1. The highest BCUT2D eigenvalue weighted by Gasteiger charge is 2.17. The third kappa shape index (κ3) is 6.33. The highest BCUT2D eigenvalue weighted by Crippen LogP contribution is 2.38. The number of benzene rings is 7. The molecule has 7 nitrogen and oxygen atoms in total. The molecule has 2 N–H and O–H groups in total. The summed E-state index contributed by atoms with van der Waals surface area (Å²) in [5, 5.41) is 3.93. The number of nitrogens with two attached hydrogens (primary N) is 1. The third-order valence-electron chi connectivity index (χ3n) is 11.4. The fourth-order valence-corrected chi connectivity index (χ4v) is 8.38. The van der Waals surface area contributed by atoms with Gasteiger partial charge in [-0.3, -0.25) is 0 Å². The molecule has 0 fully saturated rings. The van der Waals surface area contributed by atoms with Crippen molar-refractivity contribution in [2.24, 2.45) is 0 Å². The molecule has 3 aromatic heterocycles. The number of nitrogens with zero attached hydrogens (tertiary/aromatic N) is 2. The van der Waals surface area contributed by atoms with Gasteiger partial charge in [0.1, 0.15) is 11.2 Å². The molecule has 0 amide bonds. The molecule has 0 saturated heterocycles. The number of hydrogen-bond acceptors (Lipinski definition) is 6. The van der Waals surface area contributed by atoms with Crippen molar-refractivity contribution in [3.63, 3.8) is 0 Å². The van der Waals surface area contributed by atoms with E-state index in [9.17, 15) is 9.59 Å². The first-order valence-corrected chi connectivity index (χ1v) is 19.9. The van der Waals surface area contributed by atoms with Crippen LogP contribution in [0.4, 0.5) is 11.4 Å². The first kappa shape index (κ1) is 35.8. The van der Waals surface area contributed by atoms with Crippen molar-refractivity contribution in [1.29, 1.82) is 0 Å². The van der Waals surface area contributed by atoms with Crippen molar-refractivity contribution >= 4 is 55.1 Å². The van der Waals surface area contributed by atoms with E-state index in [0.29, 0.717) is 28.0 Å². The molecule has 7 heteroatoms. The second kappa shape index (κ2) is 14.4. The minimum absolute atomic E-state index is 0.362. The summed E-state index contributed by atoms with van der Waals surface area (Å²) in [6.07, 6.45) is 0. The summed E-state index contributed by atoms with van der Waals surface area (Å²) in [6.45, 7) is 5.98. The lowest BCUT2D eigenvalue weighted by molar-refractivity contribution is 0.563. The van der Waals surface area contributed by atoms with Gasteiger partial charge >= 0.3 is 11.3 Å². The molecule has 0 aliphatic heterocycles. The second-order valence-electron chi connectivity index (χ2n) is 14.9. The maximum atomic E-state index is 13.5. The van der Waals surface area contributed by atoms with Crippen molar-refractivity contribution in [3.8, 4) is 50.2 Å². The van der Waals surface area contributed by atoms with Crippen LogP contribution in [0.1, 0.15) is 13.8 Å². The van der Waals surface area contributed by atoms with E-state index in [-0.39, 0.29) is 5.63 Å². The Morgan fingerprint density at radius 1 is 0.492 bits per heavy atom. The lowest BCUT2D eigenvalue weighted by Crippen LogP contribution is -2.21. The number of nitrogen functional groups attached to an aromatic ring is 1. The molecule has 0 radical (unpaired) electrons. The van der Waals surface area contributed by atoms with E-state index in [0.717, 1.165) is 90.4 Å². The molecule has 3 heterocycles. The maximum Gasteiger partial charge on any atom is 0.344 e. The fraction of sp³-hybridized carbons (Fsp3) is 0.0769. The summed E-state index contributed by atoms with van der Waals surface area (Å²) in [7, 11) is 0. The van der Waals surface area contributed by atoms with Gasteiger partial charge in [-0.15, -0.1) is 0 Å². The van der Waals surface area contributed by atoms with Crippen LogP contribution < -0.4 is 21.9 Å². The third-order valence-corrected chi connectivity index (χ3v) is 11.4. The molecule has 10 aromatic rings. The van der Waals surface area contributed by atoms with Crippen LogP contribution in [0, 0.1) is 0 Å². The van der Waals surface area contributed by atoms with Gasteiger partial charge in [0.2, 0.25) is 0 Å². The SMILES string of the molecule is CCN(CC)c1ccc2cc(-c3cccc(-c4ccc5c6ccc(-c7cccc(-c8cc9ccc(N)cc9oc8=O)c7)cc6n(-c6ccccc6)c5c4)c3)c(=O)oc2c1. The van der Waals surface area contributed by atoms with E-state index in [4.69, 9.17) is 14.6 Å². The van der Waals surface area contributed by atoms with Crippen molar-refractivity contribution in [2.45, 2.75) is 13.8 Å². The van der Waals surface area contributed by atoms with Crippen molar-refractivity contribution in [1.82, 2.24) is 4.57 Å². The first-order chi connectivity index (χ1) is 28.8.